The number of nitrogens with zero attached hydrogens (tertiary/aromatic N) is 1. The predicted molar refractivity (Wildman–Crippen MR) is 126 cm³/mol. The standard InChI is InChI=1S/C24H39NSi2/c1-24(2,3)27(5,6)23-19-13-18-22(23)25(20-14-9-7-10-15-20)26(4)21-16-11-8-12-17-21/h8,11-13,16-17,19-20,26H,7,9-10,14-15,18H2,1-6H3. The Bertz CT molecular complexity index is 691. The molecule has 0 aliphatic heterocycles. The van der Waals surface area contributed by atoms with Crippen LogP contribution < -0.4 is 5.19 Å². The molecular formula is C24H39NSi2. The summed E-state index contributed by atoms with van der Waals surface area (Å²) in [5, 5.41) is 3.71. The van der Waals surface area contributed by atoms with Crippen LogP contribution in [0.15, 0.2) is 53.4 Å². The molecule has 2 aliphatic carbocycles. The van der Waals surface area contributed by atoms with Crippen LogP contribution in [0.5, 0.6) is 0 Å². The molecule has 0 saturated heterocycles. The van der Waals surface area contributed by atoms with Gasteiger partial charge in [-0.2, -0.15) is 0 Å². The SMILES string of the molecule is C[SiH](c1ccccc1)N(C1=C([Si](C)(C)C(C)(C)C)C=CC1)C1CCCCC1. The van der Waals surface area contributed by atoms with Crippen molar-refractivity contribution in [2.24, 2.45) is 0 Å². The van der Waals surface area contributed by atoms with E-state index in [2.05, 4.69) is 87.5 Å². The van der Waals surface area contributed by atoms with Gasteiger partial charge < -0.3 is 4.57 Å². The Balaban J connectivity index is 2.05. The van der Waals surface area contributed by atoms with Crippen molar-refractivity contribution in [1.82, 2.24) is 4.57 Å². The monoisotopic (exact) mass is 397 g/mol. The van der Waals surface area contributed by atoms with Crippen LogP contribution in [0.2, 0.25) is 24.7 Å². The van der Waals surface area contributed by atoms with Gasteiger partial charge >= 0.3 is 0 Å². The van der Waals surface area contributed by atoms with Gasteiger partial charge in [-0.15, -0.1) is 0 Å². The molecule has 148 valence electrons. The summed E-state index contributed by atoms with van der Waals surface area (Å²) in [6.45, 7) is 15.1. The van der Waals surface area contributed by atoms with E-state index in [4.69, 9.17) is 0 Å². The lowest BCUT2D eigenvalue weighted by Gasteiger charge is -2.45. The highest BCUT2D eigenvalue weighted by molar-refractivity contribution is 6.87. The maximum atomic E-state index is 2.99. The Kier molecular flexibility index (Phi) is 6.22. The summed E-state index contributed by atoms with van der Waals surface area (Å²) >= 11 is 0. The summed E-state index contributed by atoms with van der Waals surface area (Å²) in [5.41, 5.74) is 1.71. The Hall–Kier alpha value is -1.07. The Labute approximate surface area is 170 Å². The highest BCUT2D eigenvalue weighted by Gasteiger charge is 2.42. The lowest BCUT2D eigenvalue weighted by atomic mass is 9.95. The van der Waals surface area contributed by atoms with E-state index in [1.807, 2.05) is 0 Å². The second-order valence-corrected chi connectivity index (χ2v) is 18.0. The van der Waals surface area contributed by atoms with Gasteiger partial charge in [0.2, 0.25) is 0 Å². The van der Waals surface area contributed by atoms with Crippen LogP contribution in [-0.2, 0) is 0 Å². The van der Waals surface area contributed by atoms with Crippen molar-refractivity contribution in [2.45, 2.75) is 90.0 Å². The minimum atomic E-state index is -1.53. The van der Waals surface area contributed by atoms with Gasteiger partial charge in [-0.25, -0.2) is 0 Å². The van der Waals surface area contributed by atoms with E-state index in [9.17, 15) is 0 Å². The lowest BCUT2D eigenvalue weighted by molar-refractivity contribution is 0.291. The van der Waals surface area contributed by atoms with Crippen LogP contribution >= 0.6 is 0 Å². The fourth-order valence-corrected chi connectivity index (χ4v) is 9.90. The van der Waals surface area contributed by atoms with Gasteiger partial charge in [-0.3, -0.25) is 0 Å². The van der Waals surface area contributed by atoms with Crippen molar-refractivity contribution in [3.63, 3.8) is 0 Å². The van der Waals surface area contributed by atoms with Gasteiger partial charge in [0.25, 0.3) is 0 Å². The molecule has 1 saturated carbocycles. The first kappa shape index (κ1) is 20.7. The summed E-state index contributed by atoms with van der Waals surface area (Å²) < 4.78 is 2.99. The Morgan fingerprint density at radius 1 is 1.00 bits per heavy atom. The molecule has 3 heteroatoms. The third-order valence-electron chi connectivity index (χ3n) is 7.43. The summed E-state index contributed by atoms with van der Waals surface area (Å²) in [6.07, 6.45) is 13.1. The molecule has 0 amide bonds. The zero-order chi connectivity index (χ0) is 19.7. The summed E-state index contributed by atoms with van der Waals surface area (Å²) in [4.78, 5) is 0. The molecule has 1 atom stereocenters. The van der Waals surface area contributed by atoms with Gasteiger partial charge in [0.15, 0.2) is 8.96 Å². The van der Waals surface area contributed by atoms with E-state index < -0.39 is 17.0 Å². The van der Waals surface area contributed by atoms with Crippen LogP contribution in [0.25, 0.3) is 0 Å². The first-order valence-electron chi connectivity index (χ1n) is 11.0. The molecule has 1 fully saturated rings. The quantitative estimate of drug-likeness (QED) is 0.539. The molecule has 2 aliphatic rings. The predicted octanol–water partition coefficient (Wildman–Crippen LogP) is 6.14. The van der Waals surface area contributed by atoms with Crippen LogP contribution in [0.3, 0.4) is 0 Å². The second-order valence-electron chi connectivity index (χ2n) is 10.1. The highest BCUT2D eigenvalue weighted by Crippen LogP contribution is 2.45. The number of allylic oxidation sites excluding steroid dienone is 3. The van der Waals surface area contributed by atoms with E-state index in [0.717, 1.165) is 12.5 Å². The van der Waals surface area contributed by atoms with Crippen LogP contribution in [0.1, 0.15) is 59.3 Å². The first-order valence-corrected chi connectivity index (χ1v) is 16.2. The lowest BCUT2D eigenvalue weighted by Crippen LogP contribution is -2.52. The van der Waals surface area contributed by atoms with Crippen molar-refractivity contribution >= 4 is 22.2 Å². The smallest absolute Gasteiger partial charge is 0.168 e. The average molecular weight is 398 g/mol. The van der Waals surface area contributed by atoms with Crippen molar-refractivity contribution in [3.05, 3.63) is 53.4 Å². The fraction of sp³-hybridized carbons (Fsp3) is 0.583. The minimum Gasteiger partial charge on any atom is -0.397 e. The average Bonchev–Trinajstić information content (AvgIpc) is 3.12. The maximum absolute atomic E-state index is 2.99. The minimum absolute atomic E-state index is 0.387. The normalized spacial score (nSPS) is 20.2. The van der Waals surface area contributed by atoms with Gasteiger partial charge in [0, 0.05) is 18.2 Å². The molecule has 0 radical (unpaired) electrons. The van der Waals surface area contributed by atoms with Crippen molar-refractivity contribution in [1.29, 1.82) is 0 Å². The van der Waals surface area contributed by atoms with Gasteiger partial charge in [0.1, 0.15) is 0 Å². The van der Waals surface area contributed by atoms with E-state index in [-0.39, 0.29) is 0 Å². The molecule has 0 heterocycles. The van der Waals surface area contributed by atoms with Crippen molar-refractivity contribution < 1.29 is 0 Å². The van der Waals surface area contributed by atoms with Crippen LogP contribution in [0, 0.1) is 0 Å². The summed E-state index contributed by atoms with van der Waals surface area (Å²) in [7, 11) is -2.74. The topological polar surface area (TPSA) is 3.24 Å². The maximum Gasteiger partial charge on any atom is 0.168 e. The number of hydrogen-bond donors (Lipinski definition) is 0. The zero-order valence-electron chi connectivity index (χ0n) is 18.4. The molecule has 0 N–H and O–H groups in total. The van der Waals surface area contributed by atoms with E-state index >= 15 is 0 Å². The number of rotatable bonds is 5. The molecule has 1 aromatic carbocycles. The molecule has 0 aromatic heterocycles. The summed E-state index contributed by atoms with van der Waals surface area (Å²) in [5.74, 6) is 0. The number of hydrogen-bond acceptors (Lipinski definition) is 1. The van der Waals surface area contributed by atoms with Crippen molar-refractivity contribution in [2.75, 3.05) is 0 Å². The third-order valence-corrected chi connectivity index (χ3v) is 15.9. The van der Waals surface area contributed by atoms with Gasteiger partial charge in [0.05, 0.1) is 8.07 Å². The van der Waals surface area contributed by atoms with Crippen molar-refractivity contribution in [3.8, 4) is 0 Å². The largest absolute Gasteiger partial charge is 0.397 e. The molecule has 1 unspecified atom stereocenters. The Morgan fingerprint density at radius 3 is 2.22 bits per heavy atom. The Morgan fingerprint density at radius 2 is 1.63 bits per heavy atom. The summed E-state index contributed by atoms with van der Waals surface area (Å²) in [6, 6.07) is 12.1. The second kappa shape index (κ2) is 8.12. The molecule has 27 heavy (non-hydrogen) atoms. The molecule has 1 nitrogen and oxygen atoms in total. The zero-order valence-corrected chi connectivity index (χ0v) is 20.5. The van der Waals surface area contributed by atoms with Crippen LogP contribution in [-0.4, -0.2) is 27.6 Å². The molecule has 0 bridgehead atoms. The number of benzene rings is 1. The first-order chi connectivity index (χ1) is 12.7. The molecule has 0 spiro atoms. The molecule has 1 aromatic rings. The van der Waals surface area contributed by atoms with E-state index in [1.165, 1.54) is 32.1 Å². The van der Waals surface area contributed by atoms with E-state index in [0.29, 0.717) is 5.04 Å². The molecular weight excluding hydrogens is 358 g/mol. The molecule has 3 rings (SSSR count). The van der Waals surface area contributed by atoms with Crippen LogP contribution in [0.4, 0.5) is 0 Å². The highest BCUT2D eigenvalue weighted by atomic mass is 28.3. The fourth-order valence-electron chi connectivity index (χ4n) is 4.73. The third kappa shape index (κ3) is 4.19. The van der Waals surface area contributed by atoms with Gasteiger partial charge in [-0.05, 0) is 28.3 Å². The van der Waals surface area contributed by atoms with Gasteiger partial charge in [-0.1, -0.05) is 102 Å². The van der Waals surface area contributed by atoms with E-state index in [1.54, 1.807) is 16.1 Å².